The van der Waals surface area contributed by atoms with Crippen LogP contribution in [0.2, 0.25) is 0 Å². The molecule has 0 heteroatoms. The number of hydrogen-bond acceptors (Lipinski definition) is 0. The first-order valence-corrected chi connectivity index (χ1v) is 6.23. The Hall–Kier alpha value is -0.780. The fourth-order valence-corrected chi connectivity index (χ4v) is 1.93. The summed E-state index contributed by atoms with van der Waals surface area (Å²) < 4.78 is 0. The Bertz CT molecular complexity index is 276. The van der Waals surface area contributed by atoms with Crippen molar-refractivity contribution in [1.82, 2.24) is 0 Å². The first kappa shape index (κ1) is 12.3. The van der Waals surface area contributed by atoms with E-state index in [9.17, 15) is 0 Å². The summed E-state index contributed by atoms with van der Waals surface area (Å²) in [5, 5.41) is 0. The molecule has 1 aliphatic carbocycles. The van der Waals surface area contributed by atoms with E-state index in [1.165, 1.54) is 55.2 Å². The van der Waals surface area contributed by atoms with Gasteiger partial charge >= 0.3 is 0 Å². The molecule has 0 atom stereocenters. The summed E-state index contributed by atoms with van der Waals surface area (Å²) in [4.78, 5) is 0. The average Bonchev–Trinajstić information content (AvgIpc) is 2.23. The van der Waals surface area contributed by atoms with E-state index in [4.69, 9.17) is 0 Å². The third kappa shape index (κ3) is 4.51. The minimum absolute atomic E-state index is 1.24. The van der Waals surface area contributed by atoms with Crippen molar-refractivity contribution in [2.24, 2.45) is 0 Å². The monoisotopic (exact) mass is 204 g/mol. The van der Waals surface area contributed by atoms with Crippen molar-refractivity contribution in [1.29, 1.82) is 0 Å². The Morgan fingerprint density at radius 1 is 0.867 bits per heavy atom. The highest BCUT2D eigenvalue weighted by molar-refractivity contribution is 5.36. The van der Waals surface area contributed by atoms with Crippen LogP contribution in [-0.2, 0) is 0 Å². The van der Waals surface area contributed by atoms with Crippen LogP contribution in [0.1, 0.15) is 59.3 Å². The van der Waals surface area contributed by atoms with E-state index < -0.39 is 0 Å². The smallest absolute Gasteiger partial charge is 0.0345 e. The summed E-state index contributed by atoms with van der Waals surface area (Å²) in [6.45, 7) is 6.69. The van der Waals surface area contributed by atoms with E-state index in [1.54, 1.807) is 0 Å². The molecule has 0 saturated heterocycles. The molecule has 0 nitrogen and oxygen atoms in total. The molecule has 0 unspecified atom stereocenters. The van der Waals surface area contributed by atoms with Gasteiger partial charge in [0.25, 0.3) is 0 Å². The zero-order valence-corrected chi connectivity index (χ0v) is 10.5. The first-order chi connectivity index (χ1) is 7.22. The van der Waals surface area contributed by atoms with Crippen LogP contribution in [0.3, 0.4) is 0 Å². The van der Waals surface area contributed by atoms with Gasteiger partial charge in [-0.25, -0.2) is 0 Å². The van der Waals surface area contributed by atoms with E-state index >= 15 is 0 Å². The second kappa shape index (κ2) is 6.66. The zero-order chi connectivity index (χ0) is 11.1. The van der Waals surface area contributed by atoms with Crippen LogP contribution in [0.25, 0.3) is 0 Å². The molecule has 0 aromatic rings. The average molecular weight is 204 g/mol. The molecule has 0 fully saturated rings. The fraction of sp³-hybridized carbons (Fsp3) is 0.600. The van der Waals surface area contributed by atoms with Crippen LogP contribution in [0, 0.1) is 0 Å². The lowest BCUT2D eigenvalue weighted by Gasteiger charge is -2.07. The molecule has 1 rings (SSSR count). The molecular weight excluding hydrogens is 180 g/mol. The second-order valence-electron chi connectivity index (χ2n) is 4.59. The highest BCUT2D eigenvalue weighted by atomic mass is 14.0. The van der Waals surface area contributed by atoms with Gasteiger partial charge in [-0.3, -0.25) is 0 Å². The van der Waals surface area contributed by atoms with Crippen molar-refractivity contribution in [2.45, 2.75) is 59.3 Å². The van der Waals surface area contributed by atoms with E-state index in [0.717, 1.165) is 0 Å². The molecule has 0 aliphatic heterocycles. The van der Waals surface area contributed by atoms with Crippen LogP contribution in [0.15, 0.2) is 34.9 Å². The molecule has 0 saturated carbocycles. The topological polar surface area (TPSA) is 0 Å². The summed E-state index contributed by atoms with van der Waals surface area (Å²) >= 11 is 0. The maximum absolute atomic E-state index is 2.40. The fourth-order valence-electron chi connectivity index (χ4n) is 1.93. The molecule has 1 aliphatic rings. The van der Waals surface area contributed by atoms with Crippen molar-refractivity contribution < 1.29 is 0 Å². The predicted molar refractivity (Wildman–Crippen MR) is 69.0 cm³/mol. The van der Waals surface area contributed by atoms with Gasteiger partial charge in [-0.15, -0.1) is 0 Å². The van der Waals surface area contributed by atoms with E-state index in [2.05, 4.69) is 39.0 Å². The maximum atomic E-state index is 2.40. The van der Waals surface area contributed by atoms with Gasteiger partial charge in [-0.1, -0.05) is 36.6 Å². The van der Waals surface area contributed by atoms with Crippen molar-refractivity contribution in [3.8, 4) is 0 Å². The lowest BCUT2D eigenvalue weighted by molar-refractivity contribution is 0.651. The van der Waals surface area contributed by atoms with E-state index in [1.807, 2.05) is 0 Å². The van der Waals surface area contributed by atoms with Gasteiger partial charge in [0.05, 0.1) is 0 Å². The van der Waals surface area contributed by atoms with Crippen molar-refractivity contribution >= 4 is 0 Å². The van der Waals surface area contributed by atoms with Crippen molar-refractivity contribution in [3.63, 3.8) is 0 Å². The molecule has 0 spiro atoms. The Labute approximate surface area is 94.8 Å². The quantitative estimate of drug-likeness (QED) is 0.510. The largest absolute Gasteiger partial charge is 0.0843 e. The lowest BCUT2D eigenvalue weighted by Crippen LogP contribution is -1.86. The summed E-state index contributed by atoms with van der Waals surface area (Å²) in [6, 6.07) is 0. The number of allylic oxidation sites excluding steroid dienone is 6. The van der Waals surface area contributed by atoms with Crippen LogP contribution in [0.4, 0.5) is 0 Å². The van der Waals surface area contributed by atoms with Gasteiger partial charge in [0.2, 0.25) is 0 Å². The third-order valence-electron chi connectivity index (χ3n) is 3.33. The molecule has 0 bridgehead atoms. The van der Waals surface area contributed by atoms with Gasteiger partial charge in [-0.2, -0.15) is 0 Å². The van der Waals surface area contributed by atoms with E-state index in [-0.39, 0.29) is 0 Å². The highest BCUT2D eigenvalue weighted by Crippen LogP contribution is 2.18. The van der Waals surface area contributed by atoms with Crippen molar-refractivity contribution in [2.75, 3.05) is 0 Å². The Balaban J connectivity index is 2.78. The van der Waals surface area contributed by atoms with Gasteiger partial charge < -0.3 is 0 Å². The minimum Gasteiger partial charge on any atom is -0.0843 e. The SMILES string of the molecule is CC1=CCCCCCCC=CC(C)=C1C. The first-order valence-electron chi connectivity index (χ1n) is 6.23. The minimum atomic E-state index is 1.24. The second-order valence-corrected chi connectivity index (χ2v) is 4.59. The summed E-state index contributed by atoms with van der Waals surface area (Å²) in [6.07, 6.45) is 15.0. The van der Waals surface area contributed by atoms with Gasteiger partial charge in [-0.05, 0) is 57.6 Å². The van der Waals surface area contributed by atoms with Gasteiger partial charge in [0.1, 0.15) is 0 Å². The Morgan fingerprint density at radius 2 is 1.53 bits per heavy atom. The summed E-state index contributed by atoms with van der Waals surface area (Å²) in [5.41, 5.74) is 4.33. The number of rotatable bonds is 0. The summed E-state index contributed by atoms with van der Waals surface area (Å²) in [5.74, 6) is 0. The van der Waals surface area contributed by atoms with E-state index in [0.29, 0.717) is 0 Å². The Kier molecular flexibility index (Phi) is 5.45. The van der Waals surface area contributed by atoms with Gasteiger partial charge in [0.15, 0.2) is 0 Å². The third-order valence-corrected chi connectivity index (χ3v) is 3.33. The van der Waals surface area contributed by atoms with Gasteiger partial charge in [0, 0.05) is 0 Å². The van der Waals surface area contributed by atoms with Crippen LogP contribution in [0.5, 0.6) is 0 Å². The molecule has 0 radical (unpaired) electrons. The van der Waals surface area contributed by atoms with Crippen LogP contribution >= 0.6 is 0 Å². The zero-order valence-electron chi connectivity index (χ0n) is 10.5. The summed E-state index contributed by atoms with van der Waals surface area (Å²) in [7, 11) is 0. The molecule has 0 aromatic carbocycles. The normalized spacial score (nSPS) is 20.6. The highest BCUT2D eigenvalue weighted by Gasteiger charge is 1.98. The molecule has 0 amide bonds. The molecule has 0 heterocycles. The lowest BCUT2D eigenvalue weighted by atomic mass is 10.00. The molecule has 84 valence electrons. The standard InChI is InChI=1S/C15H24/c1-13-11-9-7-5-4-6-8-10-12-14(2)15(13)3/h9,11-12H,4-8,10H2,1-3H3. The predicted octanol–water partition coefficient (Wildman–Crippen LogP) is 5.18. The number of hydrogen-bond donors (Lipinski definition) is 0. The Morgan fingerprint density at radius 3 is 2.27 bits per heavy atom. The van der Waals surface area contributed by atoms with Crippen molar-refractivity contribution in [3.05, 3.63) is 34.9 Å². The van der Waals surface area contributed by atoms with Crippen LogP contribution < -0.4 is 0 Å². The maximum Gasteiger partial charge on any atom is -0.0345 e. The molecule has 0 N–H and O–H groups in total. The molecular formula is C15H24. The molecule has 15 heavy (non-hydrogen) atoms. The van der Waals surface area contributed by atoms with Crippen LogP contribution in [-0.4, -0.2) is 0 Å². The molecule has 0 aromatic heterocycles.